The van der Waals surface area contributed by atoms with Crippen LogP contribution >= 0.6 is 11.6 Å². The van der Waals surface area contributed by atoms with Crippen molar-refractivity contribution < 1.29 is 19.2 Å². The smallest absolute Gasteiger partial charge is 0.291 e. The molecule has 1 amide bonds. The van der Waals surface area contributed by atoms with Gasteiger partial charge in [-0.05, 0) is 31.5 Å². The number of aryl methyl sites for hydroxylation is 2. The zero-order valence-corrected chi connectivity index (χ0v) is 16.6. The zero-order chi connectivity index (χ0) is 20.4. The Morgan fingerprint density at radius 1 is 1.21 bits per heavy atom. The van der Waals surface area contributed by atoms with E-state index in [2.05, 4.69) is 0 Å². The van der Waals surface area contributed by atoms with Gasteiger partial charge in [-0.25, -0.2) is 0 Å². The third-order valence-corrected chi connectivity index (χ3v) is 5.23. The SMILES string of the molecule is COC1CN(C(=O)c2cc(C)ccc2C)CC1Oc1cccc([N+](=O)[O-])c1Cl. The zero-order valence-electron chi connectivity index (χ0n) is 15.8. The number of amides is 1. The first-order valence-corrected chi connectivity index (χ1v) is 9.18. The lowest BCUT2D eigenvalue weighted by Gasteiger charge is -2.19. The van der Waals surface area contributed by atoms with Gasteiger partial charge in [0.05, 0.1) is 18.0 Å². The second-order valence-electron chi connectivity index (χ2n) is 6.81. The lowest BCUT2D eigenvalue weighted by molar-refractivity contribution is -0.384. The number of nitro groups is 1. The van der Waals surface area contributed by atoms with Crippen LogP contribution in [-0.2, 0) is 4.74 Å². The van der Waals surface area contributed by atoms with Crippen molar-refractivity contribution in [2.24, 2.45) is 0 Å². The summed E-state index contributed by atoms with van der Waals surface area (Å²) in [6, 6.07) is 10.1. The quantitative estimate of drug-likeness (QED) is 0.559. The Bertz CT molecular complexity index is 917. The molecule has 0 radical (unpaired) electrons. The highest BCUT2D eigenvalue weighted by Gasteiger charge is 2.38. The molecule has 2 aromatic carbocycles. The van der Waals surface area contributed by atoms with Crippen molar-refractivity contribution in [1.82, 2.24) is 4.90 Å². The highest BCUT2D eigenvalue weighted by Crippen LogP contribution is 2.35. The summed E-state index contributed by atoms with van der Waals surface area (Å²) in [6.07, 6.45) is -0.858. The second kappa shape index (κ2) is 8.16. The van der Waals surface area contributed by atoms with Crippen molar-refractivity contribution in [1.29, 1.82) is 0 Å². The highest BCUT2D eigenvalue weighted by atomic mass is 35.5. The molecule has 0 N–H and O–H groups in total. The maximum atomic E-state index is 13.0. The molecule has 8 heteroatoms. The number of carbonyl (C=O) groups is 1. The minimum Gasteiger partial charge on any atom is -0.484 e. The molecule has 2 aromatic rings. The lowest BCUT2D eigenvalue weighted by Crippen LogP contribution is -2.32. The summed E-state index contributed by atoms with van der Waals surface area (Å²) in [7, 11) is 1.54. The van der Waals surface area contributed by atoms with Crippen molar-refractivity contribution in [2.75, 3.05) is 20.2 Å². The van der Waals surface area contributed by atoms with E-state index < -0.39 is 11.0 Å². The fraction of sp³-hybridized carbons (Fsp3) is 0.350. The van der Waals surface area contributed by atoms with Gasteiger partial charge >= 0.3 is 0 Å². The van der Waals surface area contributed by atoms with Crippen molar-refractivity contribution in [3.05, 3.63) is 68.2 Å². The molecule has 7 nitrogen and oxygen atoms in total. The Labute approximate surface area is 168 Å². The number of nitro benzene ring substituents is 1. The molecule has 0 spiro atoms. The van der Waals surface area contributed by atoms with E-state index in [4.69, 9.17) is 21.1 Å². The molecule has 0 aliphatic carbocycles. The van der Waals surface area contributed by atoms with E-state index in [1.807, 2.05) is 32.0 Å². The van der Waals surface area contributed by atoms with Crippen LogP contribution in [0.15, 0.2) is 36.4 Å². The van der Waals surface area contributed by atoms with Gasteiger partial charge < -0.3 is 14.4 Å². The number of halogens is 1. The van der Waals surface area contributed by atoms with E-state index in [0.717, 1.165) is 11.1 Å². The monoisotopic (exact) mass is 404 g/mol. The fourth-order valence-corrected chi connectivity index (χ4v) is 3.52. The van der Waals surface area contributed by atoms with Gasteiger partial charge in [0, 0.05) is 18.7 Å². The number of carbonyl (C=O) groups excluding carboxylic acids is 1. The van der Waals surface area contributed by atoms with Gasteiger partial charge in [0.1, 0.15) is 18.0 Å². The van der Waals surface area contributed by atoms with Crippen LogP contribution in [0.4, 0.5) is 5.69 Å². The highest BCUT2D eigenvalue weighted by molar-refractivity contribution is 6.34. The molecule has 0 aromatic heterocycles. The van der Waals surface area contributed by atoms with E-state index in [1.54, 1.807) is 18.1 Å². The van der Waals surface area contributed by atoms with Gasteiger partial charge in [0.15, 0.2) is 5.02 Å². The number of likely N-dealkylation sites (tertiary alicyclic amines) is 1. The number of rotatable bonds is 5. The van der Waals surface area contributed by atoms with E-state index in [1.165, 1.54) is 12.1 Å². The summed E-state index contributed by atoms with van der Waals surface area (Å²) in [5.74, 6) is 0.100. The first-order chi connectivity index (χ1) is 13.3. The van der Waals surface area contributed by atoms with E-state index in [-0.39, 0.29) is 28.5 Å². The summed E-state index contributed by atoms with van der Waals surface area (Å²) in [5, 5.41) is 11.0. The normalized spacial score (nSPS) is 18.9. The molecule has 1 saturated heterocycles. The average Bonchev–Trinajstić information content (AvgIpc) is 3.07. The number of methoxy groups -OCH3 is 1. The van der Waals surface area contributed by atoms with Gasteiger partial charge in [0.2, 0.25) is 0 Å². The Morgan fingerprint density at radius 2 is 1.93 bits per heavy atom. The number of hydrogen-bond donors (Lipinski definition) is 0. The predicted octanol–water partition coefficient (Wildman–Crippen LogP) is 3.78. The first kappa shape index (κ1) is 20.1. The largest absolute Gasteiger partial charge is 0.484 e. The molecule has 0 saturated carbocycles. The van der Waals surface area contributed by atoms with Gasteiger partial charge in [0.25, 0.3) is 11.6 Å². The number of ether oxygens (including phenoxy) is 2. The van der Waals surface area contributed by atoms with Gasteiger partial charge in [-0.3, -0.25) is 14.9 Å². The summed E-state index contributed by atoms with van der Waals surface area (Å²) in [4.78, 5) is 25.2. The van der Waals surface area contributed by atoms with Crippen LogP contribution in [0.2, 0.25) is 5.02 Å². The predicted molar refractivity (Wildman–Crippen MR) is 105 cm³/mol. The van der Waals surface area contributed by atoms with Gasteiger partial charge in [-0.15, -0.1) is 0 Å². The lowest BCUT2D eigenvalue weighted by atomic mass is 10.0. The van der Waals surface area contributed by atoms with E-state index >= 15 is 0 Å². The maximum absolute atomic E-state index is 13.0. The summed E-state index contributed by atoms with van der Waals surface area (Å²) >= 11 is 6.12. The molecular weight excluding hydrogens is 384 g/mol. The summed E-state index contributed by atoms with van der Waals surface area (Å²) in [5.41, 5.74) is 2.32. The average molecular weight is 405 g/mol. The van der Waals surface area contributed by atoms with Crippen LogP contribution in [0, 0.1) is 24.0 Å². The summed E-state index contributed by atoms with van der Waals surface area (Å²) in [6.45, 7) is 4.49. The molecule has 1 aliphatic rings. The minimum absolute atomic E-state index is 0.0679. The first-order valence-electron chi connectivity index (χ1n) is 8.80. The van der Waals surface area contributed by atoms with Crippen LogP contribution in [0.3, 0.4) is 0 Å². The van der Waals surface area contributed by atoms with Crippen molar-refractivity contribution in [3.63, 3.8) is 0 Å². The van der Waals surface area contributed by atoms with Gasteiger partial charge in [-0.2, -0.15) is 0 Å². The van der Waals surface area contributed by atoms with Crippen LogP contribution in [0.25, 0.3) is 0 Å². The maximum Gasteiger partial charge on any atom is 0.291 e. The molecule has 0 bridgehead atoms. The van der Waals surface area contributed by atoms with Crippen LogP contribution in [0.1, 0.15) is 21.5 Å². The molecule has 1 aliphatic heterocycles. The number of hydrogen-bond acceptors (Lipinski definition) is 5. The Kier molecular flexibility index (Phi) is 5.86. The molecular formula is C20H21ClN2O5. The number of nitrogens with zero attached hydrogens (tertiary/aromatic N) is 2. The third kappa shape index (κ3) is 3.95. The van der Waals surface area contributed by atoms with Crippen molar-refractivity contribution >= 4 is 23.2 Å². The molecule has 3 rings (SSSR count). The second-order valence-corrected chi connectivity index (χ2v) is 7.18. The van der Waals surface area contributed by atoms with Crippen LogP contribution < -0.4 is 4.74 Å². The third-order valence-electron chi connectivity index (χ3n) is 4.85. The Hall–Kier alpha value is -2.64. The van der Waals surface area contributed by atoms with Crippen molar-refractivity contribution in [3.8, 4) is 5.75 Å². The molecule has 148 valence electrons. The summed E-state index contributed by atoms with van der Waals surface area (Å²) < 4.78 is 11.4. The molecule has 1 heterocycles. The molecule has 1 fully saturated rings. The minimum atomic E-state index is -0.562. The van der Waals surface area contributed by atoms with Crippen molar-refractivity contribution in [2.45, 2.75) is 26.1 Å². The molecule has 2 atom stereocenters. The van der Waals surface area contributed by atoms with E-state index in [9.17, 15) is 14.9 Å². The standard InChI is InChI=1S/C20H21ClN2O5/c1-12-7-8-13(2)14(9-12)20(24)22-10-17(27-3)18(11-22)28-16-6-4-5-15(19(16)21)23(25)26/h4-9,17-18H,10-11H2,1-3H3. The van der Waals surface area contributed by atoms with Crippen LogP contribution in [0.5, 0.6) is 5.75 Å². The van der Waals surface area contributed by atoms with E-state index in [0.29, 0.717) is 18.7 Å². The number of benzene rings is 2. The molecule has 2 unspecified atom stereocenters. The molecule has 28 heavy (non-hydrogen) atoms. The van der Waals surface area contributed by atoms with Gasteiger partial charge in [-0.1, -0.05) is 35.4 Å². The Balaban J connectivity index is 1.81. The van der Waals surface area contributed by atoms with Crippen LogP contribution in [-0.4, -0.2) is 48.1 Å². The fourth-order valence-electron chi connectivity index (χ4n) is 3.28. The topological polar surface area (TPSA) is 81.9 Å². The Morgan fingerprint density at radius 3 is 2.61 bits per heavy atom.